The molecule has 1 fully saturated rings. The van der Waals surface area contributed by atoms with Crippen molar-refractivity contribution in [1.29, 1.82) is 0 Å². The number of aromatic nitrogens is 2. The smallest absolute Gasteiger partial charge is 0.143 e. The van der Waals surface area contributed by atoms with Crippen molar-refractivity contribution >= 4 is 28.4 Å². The van der Waals surface area contributed by atoms with Gasteiger partial charge in [-0.1, -0.05) is 13.8 Å². The van der Waals surface area contributed by atoms with E-state index in [2.05, 4.69) is 46.7 Å². The average molecular weight is 345 g/mol. The summed E-state index contributed by atoms with van der Waals surface area (Å²) in [4.78, 5) is 9.50. The Kier molecular flexibility index (Phi) is 4.22. The summed E-state index contributed by atoms with van der Waals surface area (Å²) >= 11 is 2.37. The van der Waals surface area contributed by atoms with Gasteiger partial charge in [-0.3, -0.25) is 0 Å². The molecule has 1 aliphatic carbocycles. The Hall–Kier alpha value is -0.390. The van der Waals surface area contributed by atoms with Gasteiger partial charge in [0.25, 0.3) is 0 Å². The molecule has 0 aliphatic heterocycles. The van der Waals surface area contributed by atoms with Crippen LogP contribution in [0, 0.1) is 3.57 Å². The van der Waals surface area contributed by atoms with Crippen LogP contribution in [0.1, 0.15) is 62.9 Å². The van der Waals surface area contributed by atoms with Gasteiger partial charge in [0.05, 0.1) is 9.26 Å². The average Bonchev–Trinajstić information content (AvgIpc) is 3.16. The molecule has 0 bridgehead atoms. The Morgan fingerprint density at radius 1 is 1.29 bits per heavy atom. The lowest BCUT2D eigenvalue weighted by atomic mass is 10.0. The van der Waals surface area contributed by atoms with E-state index in [9.17, 15) is 0 Å². The van der Waals surface area contributed by atoms with Crippen molar-refractivity contribution in [3.63, 3.8) is 0 Å². The number of rotatable bonds is 5. The highest BCUT2D eigenvalue weighted by Crippen LogP contribution is 2.42. The fourth-order valence-corrected chi connectivity index (χ4v) is 3.06. The van der Waals surface area contributed by atoms with Crippen molar-refractivity contribution < 1.29 is 0 Å². The third-order valence-electron chi connectivity index (χ3n) is 3.45. The summed E-state index contributed by atoms with van der Waals surface area (Å²) in [6, 6.07) is 0. The highest BCUT2D eigenvalue weighted by molar-refractivity contribution is 14.1. The maximum absolute atomic E-state index is 4.83. The van der Waals surface area contributed by atoms with E-state index in [1.54, 1.807) is 0 Å². The number of hydrogen-bond donors (Lipinski definition) is 1. The molecule has 4 heteroatoms. The quantitative estimate of drug-likeness (QED) is 0.823. The second-order valence-corrected chi connectivity index (χ2v) is 5.75. The molecule has 2 rings (SSSR count). The van der Waals surface area contributed by atoms with Crippen molar-refractivity contribution in [3.8, 4) is 0 Å². The molecule has 1 aromatic rings. The van der Waals surface area contributed by atoms with E-state index in [0.29, 0.717) is 11.8 Å². The van der Waals surface area contributed by atoms with Crippen molar-refractivity contribution in [1.82, 2.24) is 9.97 Å². The van der Waals surface area contributed by atoms with Crippen LogP contribution in [0.15, 0.2) is 0 Å². The lowest BCUT2D eigenvalue weighted by molar-refractivity contribution is 0.597. The zero-order valence-corrected chi connectivity index (χ0v) is 12.9. The van der Waals surface area contributed by atoms with E-state index in [4.69, 9.17) is 4.98 Å². The van der Waals surface area contributed by atoms with Gasteiger partial charge in [-0.2, -0.15) is 0 Å². The predicted molar refractivity (Wildman–Crippen MR) is 79.6 cm³/mol. The lowest BCUT2D eigenvalue weighted by Crippen LogP contribution is -2.10. The third kappa shape index (κ3) is 2.72. The first-order chi connectivity index (χ1) is 8.21. The zero-order valence-electron chi connectivity index (χ0n) is 10.8. The van der Waals surface area contributed by atoms with Gasteiger partial charge in [0.15, 0.2) is 0 Å². The Morgan fingerprint density at radius 3 is 2.41 bits per heavy atom. The van der Waals surface area contributed by atoms with E-state index < -0.39 is 0 Å². The Labute approximate surface area is 117 Å². The molecule has 1 heterocycles. The SMILES string of the molecule is CCC(CC)c1nc(NC)c(I)c(C2CC2)n1. The van der Waals surface area contributed by atoms with Crippen LogP contribution in [0.5, 0.6) is 0 Å². The minimum atomic E-state index is 0.497. The van der Waals surface area contributed by atoms with Gasteiger partial charge in [0.2, 0.25) is 0 Å². The molecule has 0 spiro atoms. The molecule has 1 saturated carbocycles. The molecule has 0 aromatic carbocycles. The van der Waals surface area contributed by atoms with Crippen LogP contribution in [0.2, 0.25) is 0 Å². The number of hydrogen-bond acceptors (Lipinski definition) is 3. The molecule has 0 atom stereocenters. The van der Waals surface area contributed by atoms with Crippen LogP contribution in [-0.2, 0) is 0 Å². The molecule has 1 N–H and O–H groups in total. The molecule has 1 aromatic heterocycles. The first-order valence-electron chi connectivity index (χ1n) is 6.46. The standard InChI is InChI=1S/C13H20IN3/c1-4-8(5-2)12-16-11(9-6-7-9)10(14)13(15-3)17-12/h8-9H,4-7H2,1-3H3,(H,15,16,17). The highest BCUT2D eigenvalue weighted by atomic mass is 127. The van der Waals surface area contributed by atoms with Crippen LogP contribution in [0.25, 0.3) is 0 Å². The van der Waals surface area contributed by atoms with Gasteiger partial charge in [0, 0.05) is 18.9 Å². The van der Waals surface area contributed by atoms with Crippen LogP contribution in [0.4, 0.5) is 5.82 Å². The second-order valence-electron chi connectivity index (χ2n) is 4.67. The molecule has 3 nitrogen and oxygen atoms in total. The Balaban J connectivity index is 2.42. The second kappa shape index (κ2) is 5.50. The van der Waals surface area contributed by atoms with Gasteiger partial charge >= 0.3 is 0 Å². The van der Waals surface area contributed by atoms with E-state index in [1.807, 2.05) is 7.05 Å². The van der Waals surface area contributed by atoms with Gasteiger partial charge in [0.1, 0.15) is 11.6 Å². The number of halogens is 1. The van der Waals surface area contributed by atoms with E-state index in [-0.39, 0.29) is 0 Å². The third-order valence-corrected chi connectivity index (χ3v) is 4.51. The van der Waals surface area contributed by atoms with Crippen molar-refractivity contribution in [3.05, 3.63) is 15.1 Å². The normalized spacial score (nSPS) is 15.4. The van der Waals surface area contributed by atoms with Gasteiger partial charge < -0.3 is 5.32 Å². The van der Waals surface area contributed by atoms with Crippen LogP contribution < -0.4 is 5.32 Å². The van der Waals surface area contributed by atoms with Crippen molar-refractivity contribution in [2.75, 3.05) is 12.4 Å². The fourth-order valence-electron chi connectivity index (χ4n) is 2.11. The number of anilines is 1. The largest absolute Gasteiger partial charge is 0.372 e. The van der Waals surface area contributed by atoms with Crippen molar-refractivity contribution in [2.24, 2.45) is 0 Å². The van der Waals surface area contributed by atoms with E-state index in [1.165, 1.54) is 22.1 Å². The monoisotopic (exact) mass is 345 g/mol. The summed E-state index contributed by atoms with van der Waals surface area (Å²) in [5, 5.41) is 3.20. The molecule has 0 unspecified atom stereocenters. The summed E-state index contributed by atoms with van der Waals surface area (Å²) in [5.74, 6) is 3.22. The summed E-state index contributed by atoms with van der Waals surface area (Å²) in [6.07, 6.45) is 4.81. The number of nitrogens with zero attached hydrogens (tertiary/aromatic N) is 2. The lowest BCUT2D eigenvalue weighted by Gasteiger charge is -2.15. The summed E-state index contributed by atoms with van der Waals surface area (Å²) in [5.41, 5.74) is 1.27. The molecule has 0 radical (unpaired) electrons. The van der Waals surface area contributed by atoms with Gasteiger partial charge in [-0.25, -0.2) is 9.97 Å². The van der Waals surface area contributed by atoms with Crippen molar-refractivity contribution in [2.45, 2.75) is 51.4 Å². The molecule has 94 valence electrons. The zero-order chi connectivity index (χ0) is 12.4. The number of nitrogens with one attached hydrogen (secondary N) is 1. The molecule has 1 aliphatic rings. The molecular formula is C13H20IN3. The fraction of sp³-hybridized carbons (Fsp3) is 0.692. The minimum Gasteiger partial charge on any atom is -0.372 e. The first-order valence-corrected chi connectivity index (χ1v) is 7.54. The van der Waals surface area contributed by atoms with E-state index in [0.717, 1.165) is 24.5 Å². The summed E-state index contributed by atoms with van der Waals surface area (Å²) in [6.45, 7) is 4.43. The molecular weight excluding hydrogens is 325 g/mol. The minimum absolute atomic E-state index is 0.497. The summed E-state index contributed by atoms with van der Waals surface area (Å²) < 4.78 is 1.21. The maximum Gasteiger partial charge on any atom is 0.143 e. The molecule has 0 amide bonds. The predicted octanol–water partition coefficient (Wildman–Crippen LogP) is 3.90. The Morgan fingerprint density at radius 2 is 1.94 bits per heavy atom. The maximum atomic E-state index is 4.83. The van der Waals surface area contributed by atoms with E-state index >= 15 is 0 Å². The first kappa shape index (κ1) is 13.1. The molecule has 0 saturated heterocycles. The topological polar surface area (TPSA) is 37.8 Å². The van der Waals surface area contributed by atoms with Gasteiger partial charge in [-0.05, 0) is 48.3 Å². The summed E-state index contributed by atoms with van der Waals surface area (Å²) in [7, 11) is 1.94. The molecule has 17 heavy (non-hydrogen) atoms. The highest BCUT2D eigenvalue weighted by Gasteiger charge is 2.30. The Bertz CT molecular complexity index is 398. The van der Waals surface area contributed by atoms with Gasteiger partial charge in [-0.15, -0.1) is 0 Å². The van der Waals surface area contributed by atoms with Crippen LogP contribution >= 0.6 is 22.6 Å². The van der Waals surface area contributed by atoms with Crippen LogP contribution in [-0.4, -0.2) is 17.0 Å². The van der Waals surface area contributed by atoms with Crippen LogP contribution in [0.3, 0.4) is 0 Å².